The average molecular weight is 439 g/mol. The summed E-state index contributed by atoms with van der Waals surface area (Å²) in [5.74, 6) is 0.674. The lowest BCUT2D eigenvalue weighted by Gasteiger charge is -2.34. The van der Waals surface area contributed by atoms with Crippen molar-refractivity contribution < 1.29 is 4.74 Å². The molecule has 3 aromatic rings. The zero-order valence-corrected chi connectivity index (χ0v) is 18.8. The number of hydrogen-bond acceptors (Lipinski definition) is 7. The first-order valence-corrected chi connectivity index (χ1v) is 11.2. The molecule has 0 radical (unpaired) electrons. The molecule has 10 nitrogen and oxygen atoms in total. The summed E-state index contributed by atoms with van der Waals surface area (Å²) in [6.07, 6.45) is 0. The van der Waals surface area contributed by atoms with Gasteiger partial charge in [0.05, 0.1) is 43.4 Å². The molecular formula is C22H30N8O2. The van der Waals surface area contributed by atoms with Crippen LogP contribution in [0.25, 0.3) is 5.82 Å². The molecule has 0 spiro atoms. The summed E-state index contributed by atoms with van der Waals surface area (Å²) in [4.78, 5) is 17.2. The predicted octanol–water partition coefficient (Wildman–Crippen LogP) is 0.590. The number of nitrogens with zero attached hydrogens (tertiary/aromatic N) is 8. The first-order valence-electron chi connectivity index (χ1n) is 11.2. The molecule has 0 saturated carbocycles. The van der Waals surface area contributed by atoms with E-state index in [1.165, 1.54) is 5.69 Å². The molecule has 1 fully saturated rings. The molecule has 3 aromatic heterocycles. The molecule has 2 aliphatic heterocycles. The maximum absolute atomic E-state index is 12.3. The van der Waals surface area contributed by atoms with Crippen LogP contribution < -0.4 is 5.56 Å². The highest BCUT2D eigenvalue weighted by atomic mass is 16.5. The molecular weight excluding hydrogens is 408 g/mol. The Morgan fingerprint density at radius 3 is 2.50 bits per heavy atom. The van der Waals surface area contributed by atoms with Crippen molar-refractivity contribution in [1.29, 1.82) is 0 Å². The molecule has 10 heteroatoms. The van der Waals surface area contributed by atoms with E-state index in [1.54, 1.807) is 21.5 Å². The molecule has 5 heterocycles. The standard InChI is InChI=1S/C22H30N8O2/c1-17-13-18(2)30(23-17)21-3-4-22(31)29(25-21)10-9-26-5-7-27(8-6-26)15-19-14-20-16-32-12-11-28(20)24-19/h3-4,13-14H,5-12,15-16H2,1-2H3. The second-order valence-electron chi connectivity index (χ2n) is 8.61. The van der Waals surface area contributed by atoms with Crippen LogP contribution in [-0.2, 0) is 31.0 Å². The van der Waals surface area contributed by atoms with Gasteiger partial charge in [-0.25, -0.2) is 9.36 Å². The van der Waals surface area contributed by atoms with Gasteiger partial charge in [0.2, 0.25) is 0 Å². The molecule has 0 amide bonds. The van der Waals surface area contributed by atoms with Crippen molar-refractivity contribution in [2.24, 2.45) is 0 Å². The van der Waals surface area contributed by atoms with E-state index in [-0.39, 0.29) is 5.56 Å². The van der Waals surface area contributed by atoms with Crippen LogP contribution in [0.3, 0.4) is 0 Å². The Morgan fingerprint density at radius 2 is 1.75 bits per heavy atom. The number of hydrogen-bond donors (Lipinski definition) is 0. The molecule has 0 N–H and O–H groups in total. The van der Waals surface area contributed by atoms with Crippen LogP contribution >= 0.6 is 0 Å². The zero-order valence-electron chi connectivity index (χ0n) is 18.8. The molecule has 0 atom stereocenters. The monoisotopic (exact) mass is 438 g/mol. The van der Waals surface area contributed by atoms with Gasteiger partial charge in [0.25, 0.3) is 5.56 Å². The molecule has 170 valence electrons. The summed E-state index contributed by atoms with van der Waals surface area (Å²) in [6, 6.07) is 7.48. The van der Waals surface area contributed by atoms with Crippen LogP contribution in [0.2, 0.25) is 0 Å². The summed E-state index contributed by atoms with van der Waals surface area (Å²) in [5, 5.41) is 13.7. The average Bonchev–Trinajstić information content (AvgIpc) is 3.35. The maximum atomic E-state index is 12.3. The van der Waals surface area contributed by atoms with Crippen LogP contribution in [0, 0.1) is 13.8 Å². The van der Waals surface area contributed by atoms with E-state index in [2.05, 4.69) is 30.7 Å². The fraction of sp³-hybridized carbons (Fsp3) is 0.545. The van der Waals surface area contributed by atoms with E-state index in [0.717, 1.165) is 69.5 Å². The van der Waals surface area contributed by atoms with E-state index in [4.69, 9.17) is 9.84 Å². The van der Waals surface area contributed by atoms with Crippen LogP contribution in [0.4, 0.5) is 0 Å². The highest BCUT2D eigenvalue weighted by Gasteiger charge is 2.20. The molecule has 5 rings (SSSR count). The number of ether oxygens (including phenoxy) is 1. The summed E-state index contributed by atoms with van der Waals surface area (Å²) in [6.45, 7) is 12.4. The lowest BCUT2D eigenvalue weighted by Crippen LogP contribution is -2.47. The normalized spacial score (nSPS) is 17.6. The van der Waals surface area contributed by atoms with Crippen LogP contribution in [0.1, 0.15) is 22.8 Å². The van der Waals surface area contributed by atoms with Crippen molar-refractivity contribution in [3.05, 3.63) is 57.4 Å². The number of aryl methyl sites for hydroxylation is 2. The molecule has 0 aliphatic carbocycles. The summed E-state index contributed by atoms with van der Waals surface area (Å²) < 4.78 is 10.9. The molecule has 2 aliphatic rings. The van der Waals surface area contributed by atoms with Gasteiger partial charge >= 0.3 is 0 Å². The van der Waals surface area contributed by atoms with Crippen molar-refractivity contribution in [3.63, 3.8) is 0 Å². The van der Waals surface area contributed by atoms with E-state index in [9.17, 15) is 4.79 Å². The third-order valence-electron chi connectivity index (χ3n) is 6.17. The fourth-order valence-electron chi connectivity index (χ4n) is 4.44. The Hall–Kier alpha value is -2.82. The number of fused-ring (bicyclic) bond motifs is 1. The van der Waals surface area contributed by atoms with Crippen molar-refractivity contribution in [1.82, 2.24) is 39.1 Å². The largest absolute Gasteiger partial charge is 0.373 e. The third kappa shape index (κ3) is 4.52. The third-order valence-corrected chi connectivity index (χ3v) is 6.17. The number of piperazine rings is 1. The van der Waals surface area contributed by atoms with E-state index in [0.29, 0.717) is 19.0 Å². The molecule has 32 heavy (non-hydrogen) atoms. The minimum Gasteiger partial charge on any atom is -0.373 e. The van der Waals surface area contributed by atoms with Gasteiger partial charge < -0.3 is 4.74 Å². The minimum atomic E-state index is -0.0818. The molecule has 0 bridgehead atoms. The number of rotatable bonds is 6. The van der Waals surface area contributed by atoms with Gasteiger partial charge in [-0.05, 0) is 32.0 Å². The highest BCUT2D eigenvalue weighted by Crippen LogP contribution is 2.14. The quantitative estimate of drug-likeness (QED) is 0.557. The summed E-state index contributed by atoms with van der Waals surface area (Å²) >= 11 is 0. The van der Waals surface area contributed by atoms with Gasteiger partial charge in [0.1, 0.15) is 0 Å². The fourth-order valence-corrected chi connectivity index (χ4v) is 4.44. The Morgan fingerprint density at radius 1 is 0.938 bits per heavy atom. The first-order chi connectivity index (χ1) is 15.5. The van der Waals surface area contributed by atoms with E-state index in [1.807, 2.05) is 19.9 Å². The van der Waals surface area contributed by atoms with Gasteiger partial charge in [-0.1, -0.05) is 0 Å². The van der Waals surface area contributed by atoms with Gasteiger partial charge in [-0.2, -0.15) is 10.2 Å². The van der Waals surface area contributed by atoms with Crippen molar-refractivity contribution in [2.45, 2.75) is 40.1 Å². The molecule has 1 saturated heterocycles. The predicted molar refractivity (Wildman–Crippen MR) is 119 cm³/mol. The Balaban J connectivity index is 1.15. The lowest BCUT2D eigenvalue weighted by atomic mass is 10.2. The summed E-state index contributed by atoms with van der Waals surface area (Å²) in [7, 11) is 0. The summed E-state index contributed by atoms with van der Waals surface area (Å²) in [5.41, 5.74) is 4.15. The SMILES string of the molecule is Cc1cc(C)n(-c2ccc(=O)n(CCN3CCN(Cc4cc5n(n4)CCOC5)CC3)n2)n1. The zero-order chi connectivity index (χ0) is 22.1. The van der Waals surface area contributed by atoms with Crippen LogP contribution in [0.5, 0.6) is 0 Å². The Labute approximate surface area is 187 Å². The first kappa shape index (κ1) is 21.0. The van der Waals surface area contributed by atoms with Crippen LogP contribution in [-0.4, -0.2) is 78.5 Å². The van der Waals surface area contributed by atoms with E-state index >= 15 is 0 Å². The maximum Gasteiger partial charge on any atom is 0.266 e. The highest BCUT2D eigenvalue weighted by molar-refractivity contribution is 5.23. The molecule has 0 aromatic carbocycles. The topological polar surface area (TPSA) is 86.2 Å². The van der Waals surface area contributed by atoms with Gasteiger partial charge in [-0.3, -0.25) is 19.3 Å². The number of aromatic nitrogens is 6. The van der Waals surface area contributed by atoms with Gasteiger partial charge in [0, 0.05) is 51.0 Å². The Kier molecular flexibility index (Phi) is 5.90. The van der Waals surface area contributed by atoms with Crippen molar-refractivity contribution >= 4 is 0 Å². The second-order valence-corrected chi connectivity index (χ2v) is 8.61. The minimum absolute atomic E-state index is 0.0818. The lowest BCUT2D eigenvalue weighted by molar-refractivity contribution is 0.0798. The Bertz CT molecular complexity index is 1120. The van der Waals surface area contributed by atoms with Crippen LogP contribution in [0.15, 0.2) is 29.1 Å². The second kappa shape index (κ2) is 8.97. The smallest absolute Gasteiger partial charge is 0.266 e. The van der Waals surface area contributed by atoms with Crippen molar-refractivity contribution in [2.75, 3.05) is 39.3 Å². The molecule has 0 unspecified atom stereocenters. The van der Waals surface area contributed by atoms with Gasteiger partial charge in [-0.15, -0.1) is 5.10 Å². The van der Waals surface area contributed by atoms with Crippen molar-refractivity contribution in [3.8, 4) is 5.82 Å². The van der Waals surface area contributed by atoms with E-state index < -0.39 is 0 Å². The van der Waals surface area contributed by atoms with Gasteiger partial charge in [0.15, 0.2) is 5.82 Å².